The van der Waals surface area contributed by atoms with Gasteiger partial charge in [-0.25, -0.2) is 0 Å². The molecule has 3 heteroatoms. The Morgan fingerprint density at radius 3 is 3.17 bits per heavy atom. The Bertz CT molecular complexity index is 340. The lowest BCUT2D eigenvalue weighted by Crippen LogP contribution is -2.40. The van der Waals surface area contributed by atoms with E-state index in [1.165, 1.54) is 18.4 Å². The fourth-order valence-corrected chi connectivity index (χ4v) is 2.64. The zero-order valence-electron chi connectivity index (χ0n) is 11.4. The first-order valence-corrected chi connectivity index (χ1v) is 7.07. The molecule has 0 aliphatic carbocycles. The van der Waals surface area contributed by atoms with Crippen molar-refractivity contribution in [1.82, 2.24) is 10.3 Å². The van der Waals surface area contributed by atoms with Crippen LogP contribution in [0.15, 0.2) is 24.5 Å². The second-order valence-corrected chi connectivity index (χ2v) is 5.18. The highest BCUT2D eigenvalue weighted by molar-refractivity contribution is 5.13. The van der Waals surface area contributed by atoms with Gasteiger partial charge in [0.1, 0.15) is 0 Å². The lowest BCUT2D eigenvalue weighted by Gasteiger charge is -2.32. The molecule has 0 radical (unpaired) electrons. The van der Waals surface area contributed by atoms with Gasteiger partial charge in [0, 0.05) is 31.1 Å². The summed E-state index contributed by atoms with van der Waals surface area (Å²) < 4.78 is 5.78. The van der Waals surface area contributed by atoms with E-state index in [1.807, 2.05) is 18.5 Å². The fourth-order valence-electron chi connectivity index (χ4n) is 2.64. The zero-order valence-corrected chi connectivity index (χ0v) is 11.4. The SMILES string of the molecule is CCCC1CC(N[C@H](C)c2cccnc2)CCO1. The molecule has 3 atom stereocenters. The monoisotopic (exact) mass is 248 g/mol. The van der Waals surface area contributed by atoms with Crippen molar-refractivity contribution in [3.8, 4) is 0 Å². The molecule has 0 aromatic carbocycles. The van der Waals surface area contributed by atoms with Crippen LogP contribution in [0.5, 0.6) is 0 Å². The van der Waals surface area contributed by atoms with Gasteiger partial charge >= 0.3 is 0 Å². The van der Waals surface area contributed by atoms with Crippen molar-refractivity contribution in [1.29, 1.82) is 0 Å². The van der Waals surface area contributed by atoms with Crippen molar-refractivity contribution >= 4 is 0 Å². The lowest BCUT2D eigenvalue weighted by atomic mass is 9.98. The molecule has 1 aliphatic rings. The van der Waals surface area contributed by atoms with Crippen LogP contribution in [-0.4, -0.2) is 23.7 Å². The third kappa shape index (κ3) is 3.79. The Morgan fingerprint density at radius 1 is 1.56 bits per heavy atom. The molecule has 0 spiro atoms. The Kier molecular flexibility index (Phi) is 5.14. The van der Waals surface area contributed by atoms with Crippen LogP contribution in [0, 0.1) is 0 Å². The lowest BCUT2D eigenvalue weighted by molar-refractivity contribution is -0.00473. The van der Waals surface area contributed by atoms with Crippen molar-refractivity contribution < 1.29 is 4.74 Å². The van der Waals surface area contributed by atoms with Gasteiger partial charge in [0.2, 0.25) is 0 Å². The maximum absolute atomic E-state index is 5.78. The predicted octanol–water partition coefficient (Wildman–Crippen LogP) is 3.08. The molecule has 3 nitrogen and oxygen atoms in total. The smallest absolute Gasteiger partial charge is 0.0589 e. The molecule has 0 bridgehead atoms. The summed E-state index contributed by atoms with van der Waals surface area (Å²) in [6.45, 7) is 5.32. The number of nitrogens with zero attached hydrogens (tertiary/aromatic N) is 1. The maximum Gasteiger partial charge on any atom is 0.0589 e. The van der Waals surface area contributed by atoms with Gasteiger partial charge in [0.25, 0.3) is 0 Å². The minimum atomic E-state index is 0.365. The van der Waals surface area contributed by atoms with Crippen molar-refractivity contribution in [3.05, 3.63) is 30.1 Å². The zero-order chi connectivity index (χ0) is 12.8. The van der Waals surface area contributed by atoms with Crippen LogP contribution in [0.3, 0.4) is 0 Å². The molecule has 0 amide bonds. The topological polar surface area (TPSA) is 34.2 Å². The maximum atomic E-state index is 5.78. The van der Waals surface area contributed by atoms with E-state index in [0.717, 1.165) is 19.4 Å². The van der Waals surface area contributed by atoms with E-state index in [9.17, 15) is 0 Å². The number of hydrogen-bond acceptors (Lipinski definition) is 3. The summed E-state index contributed by atoms with van der Waals surface area (Å²) in [7, 11) is 0. The van der Waals surface area contributed by atoms with E-state index < -0.39 is 0 Å². The number of nitrogens with one attached hydrogen (secondary N) is 1. The average Bonchev–Trinajstić information content (AvgIpc) is 2.40. The highest BCUT2D eigenvalue weighted by Gasteiger charge is 2.23. The van der Waals surface area contributed by atoms with Gasteiger partial charge < -0.3 is 10.1 Å². The number of ether oxygens (including phenoxy) is 1. The molecule has 2 rings (SSSR count). The van der Waals surface area contributed by atoms with Crippen molar-refractivity contribution in [2.24, 2.45) is 0 Å². The molecule has 1 aliphatic heterocycles. The normalized spacial score (nSPS) is 25.9. The van der Waals surface area contributed by atoms with Gasteiger partial charge in [0.15, 0.2) is 0 Å². The van der Waals surface area contributed by atoms with E-state index in [0.29, 0.717) is 18.2 Å². The molecule has 0 saturated carbocycles. The highest BCUT2D eigenvalue weighted by Crippen LogP contribution is 2.21. The van der Waals surface area contributed by atoms with Crippen LogP contribution < -0.4 is 5.32 Å². The second kappa shape index (κ2) is 6.86. The van der Waals surface area contributed by atoms with Crippen LogP contribution >= 0.6 is 0 Å². The molecule has 1 saturated heterocycles. The predicted molar refractivity (Wildman–Crippen MR) is 73.5 cm³/mol. The van der Waals surface area contributed by atoms with Gasteiger partial charge in [-0.3, -0.25) is 4.98 Å². The van der Waals surface area contributed by atoms with Gasteiger partial charge in [-0.1, -0.05) is 19.4 Å². The first-order valence-electron chi connectivity index (χ1n) is 7.07. The van der Waals surface area contributed by atoms with Crippen LogP contribution in [0.4, 0.5) is 0 Å². The Morgan fingerprint density at radius 2 is 2.44 bits per heavy atom. The first-order chi connectivity index (χ1) is 8.79. The van der Waals surface area contributed by atoms with Crippen LogP contribution in [0.1, 0.15) is 51.1 Å². The number of rotatable bonds is 5. The van der Waals surface area contributed by atoms with Crippen LogP contribution in [0.25, 0.3) is 0 Å². The standard InChI is InChI=1S/C15H24N2O/c1-3-5-15-10-14(7-9-18-15)17-12(2)13-6-4-8-16-11-13/h4,6,8,11-12,14-15,17H,3,5,7,9-10H2,1-2H3/t12-,14?,15?/m1/s1. The van der Waals surface area contributed by atoms with Crippen LogP contribution in [-0.2, 0) is 4.74 Å². The Balaban J connectivity index is 1.85. The summed E-state index contributed by atoms with van der Waals surface area (Å²) >= 11 is 0. The third-order valence-electron chi connectivity index (χ3n) is 3.65. The van der Waals surface area contributed by atoms with Crippen molar-refractivity contribution in [3.63, 3.8) is 0 Å². The van der Waals surface area contributed by atoms with E-state index in [4.69, 9.17) is 4.74 Å². The number of hydrogen-bond donors (Lipinski definition) is 1. The largest absolute Gasteiger partial charge is 0.378 e. The molecule has 18 heavy (non-hydrogen) atoms. The molecular formula is C15H24N2O. The van der Waals surface area contributed by atoms with Crippen LogP contribution in [0.2, 0.25) is 0 Å². The van der Waals surface area contributed by atoms with E-state index in [-0.39, 0.29) is 0 Å². The molecule has 1 aromatic rings. The van der Waals surface area contributed by atoms with E-state index in [1.54, 1.807) is 0 Å². The van der Waals surface area contributed by atoms with Gasteiger partial charge in [-0.15, -0.1) is 0 Å². The van der Waals surface area contributed by atoms with Crippen molar-refractivity contribution in [2.45, 2.75) is 57.7 Å². The van der Waals surface area contributed by atoms with Crippen molar-refractivity contribution in [2.75, 3.05) is 6.61 Å². The molecule has 2 heterocycles. The summed E-state index contributed by atoms with van der Waals surface area (Å²) in [5.74, 6) is 0. The summed E-state index contributed by atoms with van der Waals surface area (Å²) in [5.41, 5.74) is 1.26. The van der Waals surface area contributed by atoms with Gasteiger partial charge in [-0.2, -0.15) is 0 Å². The van der Waals surface area contributed by atoms with Gasteiger partial charge in [-0.05, 0) is 37.8 Å². The van der Waals surface area contributed by atoms with E-state index in [2.05, 4.69) is 30.2 Å². The quantitative estimate of drug-likeness (QED) is 0.869. The average molecular weight is 248 g/mol. The Hall–Kier alpha value is -0.930. The molecular weight excluding hydrogens is 224 g/mol. The first kappa shape index (κ1) is 13.5. The summed E-state index contributed by atoms with van der Waals surface area (Å²) in [5, 5.41) is 3.70. The molecule has 1 aromatic heterocycles. The summed E-state index contributed by atoms with van der Waals surface area (Å²) in [4.78, 5) is 4.18. The third-order valence-corrected chi connectivity index (χ3v) is 3.65. The highest BCUT2D eigenvalue weighted by atomic mass is 16.5. The number of aromatic nitrogens is 1. The minimum Gasteiger partial charge on any atom is -0.378 e. The molecule has 2 unspecified atom stereocenters. The van der Waals surface area contributed by atoms with E-state index >= 15 is 0 Å². The summed E-state index contributed by atoms with van der Waals surface area (Å²) in [6.07, 6.45) is 8.85. The molecule has 100 valence electrons. The second-order valence-electron chi connectivity index (χ2n) is 5.18. The van der Waals surface area contributed by atoms with Gasteiger partial charge in [0.05, 0.1) is 6.10 Å². The Labute approximate surface area is 110 Å². The molecule has 1 N–H and O–H groups in total. The summed E-state index contributed by atoms with van der Waals surface area (Å²) in [6, 6.07) is 5.07. The minimum absolute atomic E-state index is 0.365. The fraction of sp³-hybridized carbons (Fsp3) is 0.667. The molecule has 1 fully saturated rings. The number of pyridine rings is 1.